The van der Waals surface area contributed by atoms with E-state index in [2.05, 4.69) is 15.2 Å². The van der Waals surface area contributed by atoms with Crippen molar-refractivity contribution in [3.05, 3.63) is 52.5 Å². The summed E-state index contributed by atoms with van der Waals surface area (Å²) in [7, 11) is 0. The molecular formula is C21H27N3O2S. The van der Waals surface area contributed by atoms with Crippen molar-refractivity contribution in [2.24, 2.45) is 5.41 Å². The summed E-state index contributed by atoms with van der Waals surface area (Å²) in [6, 6.07) is 9.88. The number of nitrogens with one attached hydrogen (secondary N) is 1. The Morgan fingerprint density at radius 2 is 2.11 bits per heavy atom. The minimum absolute atomic E-state index is 0.0501. The summed E-state index contributed by atoms with van der Waals surface area (Å²) in [5.41, 5.74) is 1.32. The minimum atomic E-state index is -0.192. The first-order valence-corrected chi connectivity index (χ1v) is 10.7. The Hall–Kier alpha value is -1.76. The van der Waals surface area contributed by atoms with Crippen molar-refractivity contribution in [3.8, 4) is 0 Å². The summed E-state index contributed by atoms with van der Waals surface area (Å²) in [5.74, 6) is 0.0501. The second-order valence-electron chi connectivity index (χ2n) is 7.75. The van der Waals surface area contributed by atoms with Crippen LogP contribution in [0.2, 0.25) is 0 Å². The van der Waals surface area contributed by atoms with E-state index < -0.39 is 0 Å². The molecule has 2 aliphatic rings. The molecule has 1 aliphatic carbocycles. The molecule has 5 nitrogen and oxygen atoms in total. The second-order valence-corrected chi connectivity index (χ2v) is 8.68. The van der Waals surface area contributed by atoms with E-state index in [1.807, 2.05) is 35.7 Å². The first-order valence-electron chi connectivity index (χ1n) is 9.78. The van der Waals surface area contributed by atoms with Gasteiger partial charge in [-0.15, -0.1) is 11.3 Å². The Kier molecular flexibility index (Phi) is 5.86. The van der Waals surface area contributed by atoms with Gasteiger partial charge in [0.05, 0.1) is 19.8 Å². The molecule has 1 N–H and O–H groups in total. The van der Waals surface area contributed by atoms with Gasteiger partial charge < -0.3 is 10.1 Å². The van der Waals surface area contributed by atoms with Crippen LogP contribution in [0.1, 0.15) is 42.3 Å². The van der Waals surface area contributed by atoms with Gasteiger partial charge in [-0.05, 0) is 18.4 Å². The maximum absolute atomic E-state index is 12.9. The first-order chi connectivity index (χ1) is 13.2. The summed E-state index contributed by atoms with van der Waals surface area (Å²) in [6.07, 6.45) is 6.79. The lowest BCUT2D eigenvalue weighted by Crippen LogP contribution is -2.43. The van der Waals surface area contributed by atoms with Crippen molar-refractivity contribution in [1.29, 1.82) is 0 Å². The van der Waals surface area contributed by atoms with Gasteiger partial charge in [0.2, 0.25) is 5.91 Å². The van der Waals surface area contributed by atoms with Gasteiger partial charge in [-0.3, -0.25) is 9.69 Å². The Bertz CT molecular complexity index is 729. The number of ether oxygens (including phenoxy) is 1. The van der Waals surface area contributed by atoms with E-state index >= 15 is 0 Å². The molecule has 1 aromatic heterocycles. The molecule has 0 radical (unpaired) electrons. The van der Waals surface area contributed by atoms with Gasteiger partial charge in [0, 0.05) is 30.1 Å². The Morgan fingerprint density at radius 1 is 1.30 bits per heavy atom. The highest BCUT2D eigenvalue weighted by molar-refractivity contribution is 7.09. The molecule has 1 spiro atoms. The predicted octanol–water partition coefficient (Wildman–Crippen LogP) is 3.24. The van der Waals surface area contributed by atoms with Crippen molar-refractivity contribution in [1.82, 2.24) is 15.2 Å². The largest absolute Gasteiger partial charge is 0.379 e. The van der Waals surface area contributed by atoms with E-state index in [0.717, 1.165) is 30.3 Å². The van der Waals surface area contributed by atoms with Crippen LogP contribution in [-0.4, -0.2) is 48.6 Å². The topological polar surface area (TPSA) is 54.5 Å². The minimum Gasteiger partial charge on any atom is -0.379 e. The summed E-state index contributed by atoms with van der Waals surface area (Å²) in [5, 5.41) is 6.08. The summed E-state index contributed by atoms with van der Waals surface area (Å²) in [6.45, 7) is 3.76. The van der Waals surface area contributed by atoms with E-state index in [-0.39, 0.29) is 17.4 Å². The molecule has 1 atom stereocenters. The van der Waals surface area contributed by atoms with Crippen LogP contribution < -0.4 is 5.32 Å². The fraction of sp³-hybridized carbons (Fsp3) is 0.524. The van der Waals surface area contributed by atoms with Crippen LogP contribution in [0, 0.1) is 5.41 Å². The number of rotatable bonds is 5. The summed E-state index contributed by atoms with van der Waals surface area (Å²) >= 11 is 1.57. The van der Waals surface area contributed by atoms with E-state index in [1.54, 1.807) is 17.5 Å². The van der Waals surface area contributed by atoms with Gasteiger partial charge in [0.1, 0.15) is 11.0 Å². The molecule has 1 saturated heterocycles. The zero-order valence-electron chi connectivity index (χ0n) is 15.6. The maximum atomic E-state index is 12.9. The van der Waals surface area contributed by atoms with E-state index in [1.165, 1.54) is 25.7 Å². The maximum Gasteiger partial charge on any atom is 0.235 e. The molecule has 2 aromatic rings. The van der Waals surface area contributed by atoms with E-state index in [9.17, 15) is 4.79 Å². The van der Waals surface area contributed by atoms with Gasteiger partial charge >= 0.3 is 0 Å². The third-order valence-electron chi connectivity index (χ3n) is 5.69. The lowest BCUT2D eigenvalue weighted by Gasteiger charge is -2.31. The highest BCUT2D eigenvalue weighted by Crippen LogP contribution is 2.40. The van der Waals surface area contributed by atoms with Crippen LogP contribution in [0.4, 0.5) is 0 Å². The van der Waals surface area contributed by atoms with Crippen LogP contribution in [-0.2, 0) is 9.53 Å². The predicted molar refractivity (Wildman–Crippen MR) is 107 cm³/mol. The summed E-state index contributed by atoms with van der Waals surface area (Å²) in [4.78, 5) is 19.6. The molecule has 1 saturated carbocycles. The average molecular weight is 386 g/mol. The molecule has 27 heavy (non-hydrogen) atoms. The SMILES string of the molecule is O=C(CN1CCOCC2(CCCC2)C1)NC(c1ccccc1)c1nccs1. The number of benzene rings is 1. The van der Waals surface area contributed by atoms with Gasteiger partial charge in [0.15, 0.2) is 0 Å². The number of aromatic nitrogens is 1. The zero-order chi connectivity index (χ0) is 18.5. The van der Waals surface area contributed by atoms with E-state index in [4.69, 9.17) is 4.74 Å². The number of nitrogens with zero attached hydrogens (tertiary/aromatic N) is 2. The number of hydrogen-bond donors (Lipinski definition) is 1. The fourth-order valence-electron chi connectivity index (χ4n) is 4.36. The van der Waals surface area contributed by atoms with Gasteiger partial charge in [0.25, 0.3) is 0 Å². The number of amides is 1. The molecule has 4 rings (SSSR count). The first kappa shape index (κ1) is 18.6. The molecule has 1 aromatic carbocycles. The van der Waals surface area contributed by atoms with Crippen LogP contribution in [0.3, 0.4) is 0 Å². The highest BCUT2D eigenvalue weighted by atomic mass is 32.1. The van der Waals surface area contributed by atoms with Crippen LogP contribution in [0.5, 0.6) is 0 Å². The van der Waals surface area contributed by atoms with Crippen molar-refractivity contribution >= 4 is 17.2 Å². The van der Waals surface area contributed by atoms with Crippen molar-refractivity contribution in [2.75, 3.05) is 32.8 Å². The fourth-order valence-corrected chi connectivity index (χ4v) is 5.08. The lowest BCUT2D eigenvalue weighted by molar-refractivity contribution is -0.123. The molecule has 1 amide bonds. The number of carbonyl (C=O) groups excluding carboxylic acids is 1. The van der Waals surface area contributed by atoms with Crippen LogP contribution >= 0.6 is 11.3 Å². The Labute approximate surface area is 164 Å². The number of carbonyl (C=O) groups is 1. The normalized spacial score (nSPS) is 21.0. The molecule has 0 bridgehead atoms. The molecule has 6 heteroatoms. The molecule has 2 fully saturated rings. The van der Waals surface area contributed by atoms with Crippen molar-refractivity contribution < 1.29 is 9.53 Å². The molecule has 1 aliphatic heterocycles. The molecular weight excluding hydrogens is 358 g/mol. The smallest absolute Gasteiger partial charge is 0.235 e. The zero-order valence-corrected chi connectivity index (χ0v) is 16.4. The number of thiazole rings is 1. The summed E-state index contributed by atoms with van der Waals surface area (Å²) < 4.78 is 5.87. The van der Waals surface area contributed by atoms with Gasteiger partial charge in [-0.25, -0.2) is 4.98 Å². The van der Waals surface area contributed by atoms with Gasteiger partial charge in [-0.1, -0.05) is 43.2 Å². The van der Waals surface area contributed by atoms with E-state index in [0.29, 0.717) is 13.2 Å². The second kappa shape index (κ2) is 8.50. The quantitative estimate of drug-likeness (QED) is 0.858. The van der Waals surface area contributed by atoms with Crippen LogP contribution in [0.15, 0.2) is 41.9 Å². The van der Waals surface area contributed by atoms with Crippen molar-refractivity contribution in [3.63, 3.8) is 0 Å². The number of hydrogen-bond acceptors (Lipinski definition) is 5. The standard InChI is InChI=1S/C21H27N3O2S/c25-18(14-24-11-12-26-16-21(15-24)8-4-5-9-21)23-19(20-22-10-13-27-20)17-6-2-1-3-7-17/h1-3,6-7,10,13,19H,4-5,8-9,11-12,14-16H2,(H,23,25). The monoisotopic (exact) mass is 385 g/mol. The molecule has 144 valence electrons. The Balaban J connectivity index is 1.43. The molecule has 2 heterocycles. The van der Waals surface area contributed by atoms with Crippen molar-refractivity contribution in [2.45, 2.75) is 31.7 Å². The Morgan fingerprint density at radius 3 is 2.85 bits per heavy atom. The van der Waals surface area contributed by atoms with Crippen LogP contribution in [0.25, 0.3) is 0 Å². The molecule has 1 unspecified atom stereocenters. The highest BCUT2D eigenvalue weighted by Gasteiger charge is 2.37. The third kappa shape index (κ3) is 4.57. The average Bonchev–Trinajstić information content (AvgIpc) is 3.32. The lowest BCUT2D eigenvalue weighted by atomic mass is 9.87. The third-order valence-corrected chi connectivity index (χ3v) is 6.53. The van der Waals surface area contributed by atoms with Gasteiger partial charge in [-0.2, -0.15) is 0 Å².